The molecule has 2 heterocycles. The molecule has 11 heteroatoms. The third-order valence-electron chi connectivity index (χ3n) is 6.70. The number of ether oxygens (including phenoxy) is 1. The normalized spacial score (nSPS) is 18.5. The summed E-state index contributed by atoms with van der Waals surface area (Å²) in [7, 11) is -2.57. The Balaban J connectivity index is 0.00000304. The molecular formula is C25H28N3NaO5S2. The Morgan fingerprint density at radius 2 is 1.97 bits per heavy atom. The molecule has 0 spiro atoms. The van der Waals surface area contributed by atoms with Gasteiger partial charge in [0.2, 0.25) is 5.88 Å². The standard InChI is InChI=1S/C25H27N3O5S2.Na.H/c1-25(30)11-4-7-20-19(25)14-22(34-20)35(31,32)28-24(29)27-23-17-6-3-5-15(17)8-9-18(23)16-10-12-26-21(13-16)33-2;;/h8-10,12-14,30H,3-7,11H2,1-2H3,(H2,27,28,29);;. The topological polar surface area (TPSA) is 118 Å². The van der Waals surface area contributed by atoms with E-state index >= 15 is 0 Å². The number of anilines is 1. The number of fused-ring (bicyclic) bond motifs is 2. The van der Waals surface area contributed by atoms with Gasteiger partial charge in [0, 0.05) is 22.7 Å². The Morgan fingerprint density at radius 3 is 2.72 bits per heavy atom. The van der Waals surface area contributed by atoms with Gasteiger partial charge < -0.3 is 15.2 Å². The summed E-state index contributed by atoms with van der Waals surface area (Å²) >= 11 is 1.11. The van der Waals surface area contributed by atoms with Crippen LogP contribution in [0.3, 0.4) is 0 Å². The van der Waals surface area contributed by atoms with Crippen LogP contribution in [0, 0.1) is 0 Å². The fraction of sp³-hybridized carbons (Fsp3) is 0.360. The van der Waals surface area contributed by atoms with E-state index in [-0.39, 0.29) is 33.8 Å². The SMILES string of the molecule is COc1cc(-c2ccc3c(c2NC(=O)NS(=O)(=O)c2cc4c(s2)CCCC4(C)O)CCC3)ccn1.[NaH]. The zero-order valence-corrected chi connectivity index (χ0v) is 21.2. The maximum absolute atomic E-state index is 13.1. The van der Waals surface area contributed by atoms with Crippen molar-refractivity contribution in [3.8, 4) is 17.0 Å². The maximum atomic E-state index is 13.1. The van der Waals surface area contributed by atoms with E-state index in [1.54, 1.807) is 19.2 Å². The summed E-state index contributed by atoms with van der Waals surface area (Å²) < 4.78 is 33.6. The molecule has 3 N–H and O–H groups in total. The van der Waals surface area contributed by atoms with Crippen LogP contribution in [0.2, 0.25) is 0 Å². The number of thiophene rings is 1. The summed E-state index contributed by atoms with van der Waals surface area (Å²) in [4.78, 5) is 18.0. The predicted molar refractivity (Wildman–Crippen MR) is 142 cm³/mol. The number of hydrogen-bond acceptors (Lipinski definition) is 7. The van der Waals surface area contributed by atoms with E-state index < -0.39 is 21.7 Å². The molecule has 0 bridgehead atoms. The van der Waals surface area contributed by atoms with Crippen LogP contribution in [0.5, 0.6) is 5.88 Å². The van der Waals surface area contributed by atoms with Crippen molar-refractivity contribution >= 4 is 62.6 Å². The van der Waals surface area contributed by atoms with Gasteiger partial charge in [-0.1, -0.05) is 12.1 Å². The second-order valence-corrected chi connectivity index (χ2v) is 12.2. The molecule has 5 rings (SSSR count). The van der Waals surface area contributed by atoms with Gasteiger partial charge in [-0.25, -0.2) is 22.9 Å². The van der Waals surface area contributed by atoms with E-state index in [1.165, 1.54) is 13.2 Å². The van der Waals surface area contributed by atoms with Crippen LogP contribution in [-0.2, 0) is 34.9 Å². The minimum atomic E-state index is -4.11. The Morgan fingerprint density at radius 1 is 1.17 bits per heavy atom. The van der Waals surface area contributed by atoms with Crippen molar-refractivity contribution in [1.29, 1.82) is 0 Å². The Bertz CT molecular complexity index is 1420. The number of rotatable bonds is 5. The number of sulfonamides is 1. The molecule has 0 saturated carbocycles. The first-order valence-corrected chi connectivity index (χ1v) is 13.8. The first kappa shape index (κ1) is 27.1. The molecule has 2 amide bonds. The van der Waals surface area contributed by atoms with Gasteiger partial charge in [-0.2, -0.15) is 0 Å². The average Bonchev–Trinajstić information content (AvgIpc) is 3.47. The summed E-state index contributed by atoms with van der Waals surface area (Å²) in [6, 6.07) is 8.24. The summed E-state index contributed by atoms with van der Waals surface area (Å²) in [5, 5.41) is 13.5. The molecule has 1 unspecified atom stereocenters. The number of amides is 2. The molecule has 0 fully saturated rings. The number of hydrogen-bond donors (Lipinski definition) is 3. The van der Waals surface area contributed by atoms with Gasteiger partial charge >= 0.3 is 35.6 Å². The van der Waals surface area contributed by atoms with Crippen molar-refractivity contribution in [1.82, 2.24) is 9.71 Å². The molecule has 8 nitrogen and oxygen atoms in total. The van der Waals surface area contributed by atoms with E-state index in [4.69, 9.17) is 4.74 Å². The fourth-order valence-electron chi connectivity index (χ4n) is 4.96. The number of carbonyl (C=O) groups excluding carboxylic acids is 1. The number of aryl methyl sites for hydroxylation is 2. The van der Waals surface area contributed by atoms with E-state index in [0.29, 0.717) is 30.0 Å². The number of pyridine rings is 1. The van der Waals surface area contributed by atoms with Crippen molar-refractivity contribution in [2.45, 2.75) is 55.3 Å². The average molecular weight is 538 g/mol. The second kappa shape index (κ2) is 10.4. The molecule has 0 radical (unpaired) electrons. The number of carbonyl (C=O) groups is 1. The molecule has 2 aliphatic carbocycles. The van der Waals surface area contributed by atoms with E-state index in [2.05, 4.69) is 15.0 Å². The van der Waals surface area contributed by atoms with E-state index in [0.717, 1.165) is 64.2 Å². The van der Waals surface area contributed by atoms with Gasteiger partial charge in [-0.05, 0) is 79.8 Å². The Hall–Kier alpha value is -1.95. The van der Waals surface area contributed by atoms with Crippen LogP contribution in [0.25, 0.3) is 11.1 Å². The van der Waals surface area contributed by atoms with E-state index in [1.807, 2.05) is 18.2 Å². The summed E-state index contributed by atoms with van der Waals surface area (Å²) in [5.41, 5.74) is 3.87. The molecular weight excluding hydrogens is 509 g/mol. The van der Waals surface area contributed by atoms with Crippen LogP contribution >= 0.6 is 11.3 Å². The van der Waals surface area contributed by atoms with Crippen LogP contribution in [-0.4, -0.2) is 61.2 Å². The van der Waals surface area contributed by atoms with Gasteiger partial charge in [0.15, 0.2) is 0 Å². The molecule has 1 atom stereocenters. The molecule has 36 heavy (non-hydrogen) atoms. The van der Waals surface area contributed by atoms with Crippen molar-refractivity contribution < 1.29 is 23.1 Å². The van der Waals surface area contributed by atoms with Crippen molar-refractivity contribution in [3.63, 3.8) is 0 Å². The molecule has 3 aromatic rings. The second-order valence-electron chi connectivity index (χ2n) is 9.16. The number of aliphatic hydroxyl groups is 1. The number of methoxy groups -OCH3 is 1. The van der Waals surface area contributed by atoms with Gasteiger partial charge in [0.05, 0.1) is 18.4 Å². The number of benzene rings is 1. The summed E-state index contributed by atoms with van der Waals surface area (Å²) in [6.07, 6.45) is 6.37. The Kier molecular flexibility index (Phi) is 7.85. The van der Waals surface area contributed by atoms with E-state index in [9.17, 15) is 18.3 Å². The van der Waals surface area contributed by atoms with Gasteiger partial charge in [-0.3, -0.25) is 0 Å². The fourth-order valence-corrected chi connectivity index (χ4v) is 7.54. The van der Waals surface area contributed by atoms with Crippen molar-refractivity contribution in [3.05, 3.63) is 58.1 Å². The van der Waals surface area contributed by atoms with Crippen LogP contribution in [0.4, 0.5) is 10.5 Å². The molecule has 2 aromatic heterocycles. The minimum absolute atomic E-state index is 0. The summed E-state index contributed by atoms with van der Waals surface area (Å²) in [5.74, 6) is 0.443. The number of nitrogens with one attached hydrogen (secondary N) is 2. The van der Waals surface area contributed by atoms with Crippen LogP contribution in [0.1, 0.15) is 47.8 Å². The first-order chi connectivity index (χ1) is 16.7. The third kappa shape index (κ3) is 5.20. The zero-order valence-electron chi connectivity index (χ0n) is 19.6. The predicted octanol–water partition coefficient (Wildman–Crippen LogP) is 3.71. The third-order valence-corrected chi connectivity index (χ3v) is 9.70. The molecule has 186 valence electrons. The Labute approximate surface area is 236 Å². The van der Waals surface area contributed by atoms with Gasteiger partial charge in [0.1, 0.15) is 4.21 Å². The molecule has 0 saturated heterocycles. The quantitative estimate of drug-likeness (QED) is 0.427. The van der Waals surface area contributed by atoms with Gasteiger partial charge in [0.25, 0.3) is 10.0 Å². The van der Waals surface area contributed by atoms with Crippen molar-refractivity contribution in [2.24, 2.45) is 0 Å². The van der Waals surface area contributed by atoms with Crippen molar-refractivity contribution in [2.75, 3.05) is 12.4 Å². The van der Waals surface area contributed by atoms with Crippen LogP contribution in [0.15, 0.2) is 40.7 Å². The molecule has 2 aliphatic rings. The summed E-state index contributed by atoms with van der Waals surface area (Å²) in [6.45, 7) is 1.69. The monoisotopic (exact) mass is 537 g/mol. The van der Waals surface area contributed by atoms with Crippen LogP contribution < -0.4 is 14.8 Å². The van der Waals surface area contributed by atoms with Gasteiger partial charge in [-0.15, -0.1) is 11.3 Å². The first-order valence-electron chi connectivity index (χ1n) is 11.5. The number of aromatic nitrogens is 1. The molecule has 1 aromatic carbocycles. The number of nitrogens with zero attached hydrogens (tertiary/aromatic N) is 1. The zero-order chi connectivity index (χ0) is 24.8. The molecule has 0 aliphatic heterocycles. The number of urea groups is 1.